The molecule has 6 heteroatoms. The van der Waals surface area contributed by atoms with Gasteiger partial charge in [-0.1, -0.05) is 41.9 Å². The van der Waals surface area contributed by atoms with Crippen molar-refractivity contribution in [3.05, 3.63) is 70.4 Å². The van der Waals surface area contributed by atoms with Crippen LogP contribution in [0.4, 0.5) is 0 Å². The van der Waals surface area contributed by atoms with Crippen LogP contribution < -0.4 is 0 Å². The van der Waals surface area contributed by atoms with Crippen LogP contribution in [0, 0.1) is 0 Å². The van der Waals surface area contributed by atoms with E-state index < -0.39 is 10.0 Å². The Morgan fingerprint density at radius 1 is 1.12 bits per heavy atom. The van der Waals surface area contributed by atoms with Gasteiger partial charge in [0.2, 0.25) is 10.0 Å². The van der Waals surface area contributed by atoms with Crippen molar-refractivity contribution in [2.75, 3.05) is 12.3 Å². The van der Waals surface area contributed by atoms with Crippen molar-refractivity contribution in [3.63, 3.8) is 0 Å². The number of aromatic nitrogens is 1. The summed E-state index contributed by atoms with van der Waals surface area (Å²) in [7, 11) is -3.27. The van der Waals surface area contributed by atoms with Crippen LogP contribution in [-0.2, 0) is 29.4 Å². The van der Waals surface area contributed by atoms with Crippen molar-refractivity contribution in [1.29, 1.82) is 0 Å². The van der Waals surface area contributed by atoms with Gasteiger partial charge in [0.15, 0.2) is 0 Å². The SMILES string of the molecule is O=S(=O)(CCCc1ccccc1)N1CCc2[nH]c3ccc(Cl)cc3c2C1. The summed E-state index contributed by atoms with van der Waals surface area (Å²) < 4.78 is 27.2. The van der Waals surface area contributed by atoms with Crippen molar-refractivity contribution >= 4 is 32.5 Å². The molecule has 4 nitrogen and oxygen atoms in total. The Labute approximate surface area is 158 Å². The first-order valence-electron chi connectivity index (χ1n) is 8.84. The Balaban J connectivity index is 1.48. The second-order valence-corrected chi connectivity index (χ2v) is 9.29. The molecule has 0 bridgehead atoms. The van der Waals surface area contributed by atoms with Crippen molar-refractivity contribution in [2.45, 2.75) is 25.8 Å². The molecule has 3 aromatic rings. The fourth-order valence-electron chi connectivity index (χ4n) is 3.63. The maximum absolute atomic E-state index is 12.8. The fraction of sp³-hybridized carbons (Fsp3) is 0.300. The van der Waals surface area contributed by atoms with Gasteiger partial charge in [0.1, 0.15) is 0 Å². The van der Waals surface area contributed by atoms with E-state index >= 15 is 0 Å². The predicted octanol–water partition coefficient (Wildman–Crippen LogP) is 4.14. The number of fused-ring (bicyclic) bond motifs is 3. The highest BCUT2D eigenvalue weighted by Crippen LogP contribution is 2.30. The molecule has 0 spiro atoms. The van der Waals surface area contributed by atoms with Gasteiger partial charge in [0, 0.05) is 41.1 Å². The highest BCUT2D eigenvalue weighted by molar-refractivity contribution is 7.89. The van der Waals surface area contributed by atoms with Crippen LogP contribution in [0.5, 0.6) is 0 Å². The van der Waals surface area contributed by atoms with Crippen LogP contribution >= 0.6 is 11.6 Å². The highest BCUT2D eigenvalue weighted by Gasteiger charge is 2.28. The van der Waals surface area contributed by atoms with E-state index in [1.54, 1.807) is 4.31 Å². The number of hydrogen-bond acceptors (Lipinski definition) is 2. The number of aryl methyl sites for hydroxylation is 1. The van der Waals surface area contributed by atoms with Crippen molar-refractivity contribution in [2.24, 2.45) is 0 Å². The highest BCUT2D eigenvalue weighted by atomic mass is 35.5. The zero-order valence-corrected chi connectivity index (χ0v) is 16.0. The third kappa shape index (κ3) is 3.52. The van der Waals surface area contributed by atoms with Crippen molar-refractivity contribution < 1.29 is 8.42 Å². The molecular weight excluding hydrogens is 368 g/mol. The molecule has 0 radical (unpaired) electrons. The number of aromatic amines is 1. The van der Waals surface area contributed by atoms with Crippen molar-refractivity contribution in [1.82, 2.24) is 9.29 Å². The number of benzene rings is 2. The van der Waals surface area contributed by atoms with E-state index in [-0.39, 0.29) is 5.75 Å². The molecule has 2 heterocycles. The topological polar surface area (TPSA) is 53.2 Å². The number of nitrogens with one attached hydrogen (secondary N) is 1. The Kier molecular flexibility index (Phi) is 4.78. The zero-order valence-electron chi connectivity index (χ0n) is 14.4. The smallest absolute Gasteiger partial charge is 0.214 e. The summed E-state index contributed by atoms with van der Waals surface area (Å²) in [6, 6.07) is 15.7. The molecule has 1 aromatic heterocycles. The van der Waals surface area contributed by atoms with Gasteiger partial charge in [0.05, 0.1) is 5.75 Å². The molecule has 0 fully saturated rings. The first-order valence-corrected chi connectivity index (χ1v) is 10.8. The molecule has 26 heavy (non-hydrogen) atoms. The quantitative estimate of drug-likeness (QED) is 0.714. The van der Waals surface area contributed by atoms with E-state index in [1.807, 2.05) is 48.5 Å². The minimum atomic E-state index is -3.27. The number of nitrogens with zero attached hydrogens (tertiary/aromatic N) is 1. The lowest BCUT2D eigenvalue weighted by atomic mass is 10.1. The molecule has 4 rings (SSSR count). The van der Waals surface area contributed by atoms with Crippen LogP contribution in [0.2, 0.25) is 5.02 Å². The minimum absolute atomic E-state index is 0.181. The second kappa shape index (κ2) is 7.06. The van der Waals surface area contributed by atoms with E-state index in [4.69, 9.17) is 11.6 Å². The second-order valence-electron chi connectivity index (χ2n) is 6.76. The molecule has 1 aliphatic rings. The van der Waals surface area contributed by atoms with Gasteiger partial charge in [-0.05, 0) is 42.2 Å². The Bertz CT molecular complexity index is 1030. The van der Waals surface area contributed by atoms with Gasteiger partial charge in [-0.25, -0.2) is 8.42 Å². The lowest BCUT2D eigenvalue weighted by molar-refractivity contribution is 0.390. The third-order valence-electron chi connectivity index (χ3n) is 5.01. The first-order chi connectivity index (χ1) is 12.5. The number of sulfonamides is 1. The molecule has 1 N–H and O–H groups in total. The maximum Gasteiger partial charge on any atom is 0.214 e. The largest absolute Gasteiger partial charge is 0.358 e. The molecule has 2 aromatic carbocycles. The van der Waals surface area contributed by atoms with Gasteiger partial charge in [-0.2, -0.15) is 4.31 Å². The molecule has 0 amide bonds. The molecular formula is C20H21ClN2O2S. The standard InChI is InChI=1S/C20H21ClN2O2S/c21-16-8-9-19-17(13-16)18-14-23(11-10-20(18)22-19)26(24,25)12-4-7-15-5-2-1-3-6-15/h1-3,5-6,8-9,13,22H,4,7,10-12,14H2. The van der Waals surface area contributed by atoms with Crippen LogP contribution in [0.3, 0.4) is 0 Å². The van der Waals surface area contributed by atoms with Crippen molar-refractivity contribution in [3.8, 4) is 0 Å². The summed E-state index contributed by atoms with van der Waals surface area (Å²) in [5, 5.41) is 1.69. The van der Waals surface area contributed by atoms with Gasteiger partial charge < -0.3 is 4.98 Å². The van der Waals surface area contributed by atoms with Gasteiger partial charge in [-0.15, -0.1) is 0 Å². The normalized spacial score (nSPS) is 15.3. The summed E-state index contributed by atoms with van der Waals surface area (Å²) in [4.78, 5) is 3.40. The molecule has 0 saturated carbocycles. The molecule has 0 saturated heterocycles. The van der Waals surface area contributed by atoms with Gasteiger partial charge in [0.25, 0.3) is 0 Å². The number of hydrogen-bond donors (Lipinski definition) is 1. The molecule has 0 aliphatic carbocycles. The Morgan fingerprint density at radius 2 is 1.92 bits per heavy atom. The Morgan fingerprint density at radius 3 is 2.73 bits per heavy atom. The predicted molar refractivity (Wildman–Crippen MR) is 106 cm³/mol. The summed E-state index contributed by atoms with van der Waals surface area (Å²) in [6.45, 7) is 0.949. The van der Waals surface area contributed by atoms with E-state index in [1.165, 1.54) is 5.56 Å². The molecule has 136 valence electrons. The average Bonchev–Trinajstić information content (AvgIpc) is 2.99. The van der Waals surface area contributed by atoms with E-state index in [9.17, 15) is 8.42 Å². The lowest BCUT2D eigenvalue weighted by Gasteiger charge is -2.26. The minimum Gasteiger partial charge on any atom is -0.358 e. The average molecular weight is 389 g/mol. The van der Waals surface area contributed by atoms with Gasteiger partial charge >= 0.3 is 0 Å². The zero-order chi connectivity index (χ0) is 18.1. The Hall–Kier alpha value is -1.82. The summed E-state index contributed by atoms with van der Waals surface area (Å²) >= 11 is 6.13. The fourth-order valence-corrected chi connectivity index (χ4v) is 5.27. The number of halogens is 1. The maximum atomic E-state index is 12.8. The van der Waals surface area contributed by atoms with E-state index in [0.29, 0.717) is 31.0 Å². The van der Waals surface area contributed by atoms with E-state index in [2.05, 4.69) is 4.98 Å². The lowest BCUT2D eigenvalue weighted by Crippen LogP contribution is -2.37. The molecule has 1 aliphatic heterocycles. The van der Waals surface area contributed by atoms with Crippen LogP contribution in [0.25, 0.3) is 10.9 Å². The van der Waals surface area contributed by atoms with E-state index in [0.717, 1.165) is 28.6 Å². The molecule has 0 unspecified atom stereocenters. The monoisotopic (exact) mass is 388 g/mol. The van der Waals surface area contributed by atoms with Gasteiger partial charge in [-0.3, -0.25) is 0 Å². The van der Waals surface area contributed by atoms with Crippen LogP contribution in [0.15, 0.2) is 48.5 Å². The number of H-pyrrole nitrogens is 1. The van der Waals surface area contributed by atoms with Crippen LogP contribution in [-0.4, -0.2) is 30.0 Å². The number of rotatable bonds is 5. The first kappa shape index (κ1) is 17.6. The third-order valence-corrected chi connectivity index (χ3v) is 7.14. The van der Waals surface area contributed by atoms with Crippen LogP contribution in [0.1, 0.15) is 23.2 Å². The summed E-state index contributed by atoms with van der Waals surface area (Å²) in [6.07, 6.45) is 2.12. The summed E-state index contributed by atoms with van der Waals surface area (Å²) in [5.74, 6) is 0.181. The molecule has 0 atom stereocenters. The summed E-state index contributed by atoms with van der Waals surface area (Å²) in [5.41, 5.74) is 4.37.